The van der Waals surface area contributed by atoms with Gasteiger partial charge < -0.3 is 9.84 Å². The highest BCUT2D eigenvalue weighted by molar-refractivity contribution is 5.87. The highest BCUT2D eigenvalue weighted by atomic mass is 16.5. The van der Waals surface area contributed by atoms with Crippen LogP contribution in [0.5, 0.6) is 0 Å². The van der Waals surface area contributed by atoms with Crippen molar-refractivity contribution in [2.45, 2.75) is 38.2 Å². The Bertz CT molecular complexity index is 224. The number of hydrogen-bond donors (Lipinski definition) is 1. The van der Waals surface area contributed by atoms with Gasteiger partial charge in [-0.25, -0.2) is 0 Å². The summed E-state index contributed by atoms with van der Waals surface area (Å²) < 4.78 is 5.32. The summed E-state index contributed by atoms with van der Waals surface area (Å²) in [5, 5.41) is 8.48. The molecule has 1 N–H and O–H groups in total. The van der Waals surface area contributed by atoms with E-state index in [-0.39, 0.29) is 18.6 Å². The Morgan fingerprint density at radius 2 is 2.38 bits per heavy atom. The number of hydrogen-bond acceptors (Lipinski definition) is 3. The lowest BCUT2D eigenvalue weighted by Gasteiger charge is -2.31. The van der Waals surface area contributed by atoms with Gasteiger partial charge in [-0.2, -0.15) is 0 Å². The van der Waals surface area contributed by atoms with Crippen LogP contribution in [-0.4, -0.2) is 29.1 Å². The molecule has 0 amide bonds. The molecular weight excluding hydrogens is 172 g/mol. The molecule has 1 aliphatic heterocycles. The van der Waals surface area contributed by atoms with Gasteiger partial charge in [-0.05, 0) is 19.8 Å². The van der Waals surface area contributed by atoms with Crippen LogP contribution >= 0.6 is 0 Å². The van der Waals surface area contributed by atoms with Crippen LogP contribution in [0.1, 0.15) is 32.6 Å². The number of carboxylic acid groups (broad SMARTS) is 1. The second kappa shape index (κ2) is 3.87. The van der Waals surface area contributed by atoms with E-state index in [0.717, 1.165) is 6.42 Å². The van der Waals surface area contributed by atoms with Crippen molar-refractivity contribution in [3.63, 3.8) is 0 Å². The first-order valence-corrected chi connectivity index (χ1v) is 4.44. The van der Waals surface area contributed by atoms with E-state index in [2.05, 4.69) is 0 Å². The smallest absolute Gasteiger partial charge is 0.303 e. The zero-order chi connectivity index (χ0) is 9.90. The second-order valence-electron chi connectivity index (χ2n) is 3.50. The van der Waals surface area contributed by atoms with E-state index in [1.54, 1.807) is 6.92 Å². The summed E-state index contributed by atoms with van der Waals surface area (Å²) in [6.45, 7) is 2.24. The van der Waals surface area contributed by atoms with Gasteiger partial charge in [0.1, 0.15) is 5.60 Å². The average molecular weight is 186 g/mol. The zero-order valence-corrected chi connectivity index (χ0v) is 7.71. The highest BCUT2D eigenvalue weighted by Crippen LogP contribution is 2.25. The fourth-order valence-electron chi connectivity index (χ4n) is 1.43. The van der Waals surface area contributed by atoms with Crippen LogP contribution in [-0.2, 0) is 14.3 Å². The minimum absolute atomic E-state index is 0.0117. The lowest BCUT2D eigenvalue weighted by Crippen LogP contribution is -2.42. The summed E-state index contributed by atoms with van der Waals surface area (Å²) in [4.78, 5) is 21.7. The monoisotopic (exact) mass is 186 g/mol. The van der Waals surface area contributed by atoms with Crippen LogP contribution in [0.15, 0.2) is 0 Å². The molecule has 0 bridgehead atoms. The zero-order valence-electron chi connectivity index (χ0n) is 7.71. The molecule has 1 unspecified atom stereocenters. The molecule has 0 aromatic carbocycles. The predicted octanol–water partition coefficient (Wildman–Crippen LogP) is 0.989. The molecule has 0 radical (unpaired) electrons. The molecule has 1 rings (SSSR count). The van der Waals surface area contributed by atoms with Crippen LogP contribution in [0, 0.1) is 0 Å². The summed E-state index contributed by atoms with van der Waals surface area (Å²) in [5.74, 6) is -0.858. The first-order valence-electron chi connectivity index (χ1n) is 4.44. The Labute approximate surface area is 76.9 Å². The van der Waals surface area contributed by atoms with Crippen molar-refractivity contribution in [3.05, 3.63) is 0 Å². The second-order valence-corrected chi connectivity index (χ2v) is 3.50. The maximum Gasteiger partial charge on any atom is 0.303 e. The van der Waals surface area contributed by atoms with Gasteiger partial charge in [0.2, 0.25) is 0 Å². The van der Waals surface area contributed by atoms with Gasteiger partial charge in [0.15, 0.2) is 5.78 Å². The standard InChI is InChI=1S/C9H14O4/c1-9(5-4-8(11)12)7(10)3-2-6-13-9/h2-6H2,1H3,(H,11,12). The third-order valence-corrected chi connectivity index (χ3v) is 2.37. The Morgan fingerprint density at radius 1 is 1.69 bits per heavy atom. The molecular formula is C9H14O4. The van der Waals surface area contributed by atoms with Gasteiger partial charge in [0.25, 0.3) is 0 Å². The van der Waals surface area contributed by atoms with E-state index in [9.17, 15) is 9.59 Å². The van der Waals surface area contributed by atoms with Crippen LogP contribution < -0.4 is 0 Å². The molecule has 0 aromatic rings. The van der Waals surface area contributed by atoms with Crippen molar-refractivity contribution in [2.24, 2.45) is 0 Å². The summed E-state index contributed by atoms with van der Waals surface area (Å²) in [6.07, 6.45) is 1.53. The minimum atomic E-state index is -0.886. The first-order chi connectivity index (χ1) is 6.04. The number of aliphatic carboxylic acids is 1. The van der Waals surface area contributed by atoms with Crippen molar-refractivity contribution in [2.75, 3.05) is 6.61 Å². The summed E-state index contributed by atoms with van der Waals surface area (Å²) in [7, 11) is 0. The van der Waals surface area contributed by atoms with Crippen molar-refractivity contribution < 1.29 is 19.4 Å². The topological polar surface area (TPSA) is 63.6 Å². The summed E-state index contributed by atoms with van der Waals surface area (Å²) in [6, 6.07) is 0. The lowest BCUT2D eigenvalue weighted by molar-refractivity contribution is -0.153. The van der Waals surface area contributed by atoms with Crippen molar-refractivity contribution in [1.82, 2.24) is 0 Å². The summed E-state index contributed by atoms with van der Waals surface area (Å²) >= 11 is 0. The van der Waals surface area contributed by atoms with Gasteiger partial charge in [-0.1, -0.05) is 0 Å². The fourth-order valence-corrected chi connectivity index (χ4v) is 1.43. The number of rotatable bonds is 3. The maximum atomic E-state index is 11.4. The Hall–Kier alpha value is -0.900. The number of Topliss-reactive ketones (excluding diaryl/α,β-unsaturated/α-hetero) is 1. The quantitative estimate of drug-likeness (QED) is 0.713. The van der Waals surface area contributed by atoms with Gasteiger partial charge in [-0.15, -0.1) is 0 Å². The normalized spacial score (nSPS) is 28.8. The van der Waals surface area contributed by atoms with Crippen LogP contribution in [0.4, 0.5) is 0 Å². The molecule has 74 valence electrons. The average Bonchev–Trinajstić information content (AvgIpc) is 2.07. The van der Waals surface area contributed by atoms with E-state index in [4.69, 9.17) is 9.84 Å². The van der Waals surface area contributed by atoms with Crippen LogP contribution in [0.3, 0.4) is 0 Å². The molecule has 1 aliphatic rings. The molecule has 1 saturated heterocycles. The third-order valence-electron chi connectivity index (χ3n) is 2.37. The lowest BCUT2D eigenvalue weighted by atomic mass is 9.90. The maximum absolute atomic E-state index is 11.4. The largest absolute Gasteiger partial charge is 0.481 e. The minimum Gasteiger partial charge on any atom is -0.481 e. The van der Waals surface area contributed by atoms with Crippen molar-refractivity contribution in [1.29, 1.82) is 0 Å². The third kappa shape index (κ3) is 2.52. The Balaban J connectivity index is 2.51. The van der Waals surface area contributed by atoms with Crippen molar-refractivity contribution >= 4 is 11.8 Å². The molecule has 4 nitrogen and oxygen atoms in total. The fraction of sp³-hybridized carbons (Fsp3) is 0.778. The number of ketones is 1. The van der Waals surface area contributed by atoms with E-state index >= 15 is 0 Å². The van der Waals surface area contributed by atoms with Gasteiger partial charge in [0.05, 0.1) is 0 Å². The highest BCUT2D eigenvalue weighted by Gasteiger charge is 2.36. The van der Waals surface area contributed by atoms with Crippen LogP contribution in [0.25, 0.3) is 0 Å². The molecule has 1 heterocycles. The van der Waals surface area contributed by atoms with Gasteiger partial charge in [-0.3, -0.25) is 9.59 Å². The number of carbonyl (C=O) groups excluding carboxylic acids is 1. The molecule has 13 heavy (non-hydrogen) atoms. The molecule has 0 aliphatic carbocycles. The predicted molar refractivity (Wildman–Crippen MR) is 45.5 cm³/mol. The summed E-state index contributed by atoms with van der Waals surface area (Å²) in [5.41, 5.74) is -0.851. The van der Waals surface area contributed by atoms with E-state index < -0.39 is 11.6 Å². The van der Waals surface area contributed by atoms with E-state index in [1.807, 2.05) is 0 Å². The Morgan fingerprint density at radius 3 is 2.92 bits per heavy atom. The van der Waals surface area contributed by atoms with Gasteiger partial charge >= 0.3 is 5.97 Å². The number of carboxylic acids is 1. The van der Waals surface area contributed by atoms with E-state index in [0.29, 0.717) is 13.0 Å². The molecule has 1 fully saturated rings. The number of carbonyl (C=O) groups is 2. The molecule has 0 saturated carbocycles. The molecule has 1 atom stereocenters. The number of ether oxygens (including phenoxy) is 1. The Kier molecular flexibility index (Phi) is 3.03. The SMILES string of the molecule is CC1(CCC(=O)O)OCCCC1=O. The van der Waals surface area contributed by atoms with Crippen molar-refractivity contribution in [3.8, 4) is 0 Å². The molecule has 0 aromatic heterocycles. The van der Waals surface area contributed by atoms with E-state index in [1.165, 1.54) is 0 Å². The molecule has 4 heteroatoms. The molecule has 0 spiro atoms. The first kappa shape index (κ1) is 10.2. The van der Waals surface area contributed by atoms with Gasteiger partial charge in [0, 0.05) is 19.4 Å². The van der Waals surface area contributed by atoms with Crippen LogP contribution in [0.2, 0.25) is 0 Å².